The van der Waals surface area contributed by atoms with Crippen LogP contribution in [0, 0.1) is 5.92 Å². The molecule has 0 aliphatic carbocycles. The summed E-state index contributed by atoms with van der Waals surface area (Å²) in [6.07, 6.45) is 3.86. The Labute approximate surface area is 118 Å². The first kappa shape index (κ1) is 16.4. The Morgan fingerprint density at radius 2 is 1.84 bits per heavy atom. The summed E-state index contributed by atoms with van der Waals surface area (Å²) in [7, 11) is 0. The molecule has 0 bridgehead atoms. The monoisotopic (exact) mass is 269 g/mol. The summed E-state index contributed by atoms with van der Waals surface area (Å²) >= 11 is 0. The highest BCUT2D eigenvalue weighted by atomic mass is 16.2. The topological polar surface area (TPSA) is 49.6 Å². The predicted molar refractivity (Wildman–Crippen MR) is 80.0 cm³/mol. The Morgan fingerprint density at radius 3 is 2.26 bits per heavy atom. The van der Waals surface area contributed by atoms with Crippen molar-refractivity contribution >= 4 is 5.91 Å². The Kier molecular flexibility index (Phi) is 7.39. The third-order valence-corrected chi connectivity index (χ3v) is 4.52. The first-order chi connectivity index (χ1) is 9.15. The van der Waals surface area contributed by atoms with E-state index in [1.165, 1.54) is 0 Å². The van der Waals surface area contributed by atoms with E-state index in [-0.39, 0.29) is 0 Å². The molecule has 0 aromatic heterocycles. The smallest absolute Gasteiger partial charge is 0.222 e. The van der Waals surface area contributed by atoms with Crippen LogP contribution >= 0.6 is 0 Å². The van der Waals surface area contributed by atoms with Gasteiger partial charge in [-0.05, 0) is 38.4 Å². The van der Waals surface area contributed by atoms with Gasteiger partial charge in [-0.15, -0.1) is 0 Å². The van der Waals surface area contributed by atoms with Crippen molar-refractivity contribution in [2.24, 2.45) is 11.7 Å². The van der Waals surface area contributed by atoms with Crippen LogP contribution < -0.4 is 5.73 Å². The summed E-state index contributed by atoms with van der Waals surface area (Å²) in [5.74, 6) is 0.656. The number of amides is 1. The summed E-state index contributed by atoms with van der Waals surface area (Å²) < 4.78 is 0. The maximum absolute atomic E-state index is 12.2. The molecule has 0 spiro atoms. The molecule has 1 aliphatic heterocycles. The third kappa shape index (κ3) is 4.77. The van der Waals surface area contributed by atoms with Gasteiger partial charge in [0.1, 0.15) is 0 Å². The molecule has 0 aromatic carbocycles. The van der Waals surface area contributed by atoms with E-state index < -0.39 is 0 Å². The number of carbonyl (C=O) groups is 1. The molecule has 19 heavy (non-hydrogen) atoms. The average Bonchev–Trinajstić information content (AvgIpc) is 2.46. The molecule has 1 rings (SSSR count). The fraction of sp³-hybridized carbons (Fsp3) is 0.933. The Bertz CT molecular complexity index is 254. The number of piperidine rings is 1. The molecule has 1 heterocycles. The van der Waals surface area contributed by atoms with E-state index in [1.807, 2.05) is 4.90 Å². The van der Waals surface area contributed by atoms with Crippen molar-refractivity contribution in [2.75, 3.05) is 32.7 Å². The van der Waals surface area contributed by atoms with Gasteiger partial charge in [0.25, 0.3) is 0 Å². The van der Waals surface area contributed by atoms with E-state index in [9.17, 15) is 4.79 Å². The number of nitrogens with two attached hydrogens (primary N) is 1. The predicted octanol–water partition coefficient (Wildman–Crippen LogP) is 1.69. The molecule has 1 amide bonds. The minimum Gasteiger partial charge on any atom is -0.343 e. The first-order valence-corrected chi connectivity index (χ1v) is 7.88. The second kappa shape index (κ2) is 8.54. The van der Waals surface area contributed by atoms with E-state index in [2.05, 4.69) is 25.7 Å². The normalized spacial score (nSPS) is 18.9. The maximum Gasteiger partial charge on any atom is 0.222 e. The van der Waals surface area contributed by atoms with Gasteiger partial charge in [0.05, 0.1) is 0 Å². The summed E-state index contributed by atoms with van der Waals surface area (Å²) in [6.45, 7) is 11.2. The van der Waals surface area contributed by atoms with Crippen LogP contribution in [0.5, 0.6) is 0 Å². The molecule has 1 saturated heterocycles. The molecular formula is C15H31N3O. The lowest BCUT2D eigenvalue weighted by atomic mass is 9.99. The SMILES string of the molecule is CCC(CN)CC(=O)N1CCC(N(CC)CC)CC1. The van der Waals surface area contributed by atoms with Crippen molar-refractivity contribution in [2.45, 2.75) is 52.5 Å². The van der Waals surface area contributed by atoms with Gasteiger partial charge in [0.2, 0.25) is 5.91 Å². The van der Waals surface area contributed by atoms with Crippen molar-refractivity contribution in [1.82, 2.24) is 9.80 Å². The highest BCUT2D eigenvalue weighted by Gasteiger charge is 2.26. The van der Waals surface area contributed by atoms with Crippen LogP contribution in [0.15, 0.2) is 0 Å². The molecule has 0 radical (unpaired) electrons. The number of carbonyl (C=O) groups excluding carboxylic acids is 1. The number of likely N-dealkylation sites (tertiary alicyclic amines) is 1. The zero-order valence-corrected chi connectivity index (χ0v) is 12.9. The highest BCUT2D eigenvalue weighted by molar-refractivity contribution is 5.76. The minimum absolute atomic E-state index is 0.301. The lowest BCUT2D eigenvalue weighted by Crippen LogP contribution is -2.47. The second-order valence-corrected chi connectivity index (χ2v) is 5.55. The van der Waals surface area contributed by atoms with Crippen LogP contribution in [0.4, 0.5) is 0 Å². The minimum atomic E-state index is 0.301. The van der Waals surface area contributed by atoms with E-state index in [0.717, 1.165) is 45.4 Å². The molecule has 0 saturated carbocycles. The van der Waals surface area contributed by atoms with Gasteiger partial charge < -0.3 is 15.5 Å². The largest absolute Gasteiger partial charge is 0.343 e. The fourth-order valence-corrected chi connectivity index (χ4v) is 2.99. The molecule has 0 aromatic rings. The molecule has 112 valence electrons. The van der Waals surface area contributed by atoms with Gasteiger partial charge in [-0.2, -0.15) is 0 Å². The second-order valence-electron chi connectivity index (χ2n) is 5.55. The standard InChI is InChI=1S/C15H31N3O/c1-4-13(12-16)11-15(19)18-9-7-14(8-10-18)17(5-2)6-3/h13-14H,4-12,16H2,1-3H3. The Hall–Kier alpha value is -0.610. The van der Waals surface area contributed by atoms with E-state index >= 15 is 0 Å². The van der Waals surface area contributed by atoms with Crippen LogP contribution in [0.1, 0.15) is 46.5 Å². The summed E-state index contributed by atoms with van der Waals surface area (Å²) in [4.78, 5) is 16.7. The molecule has 1 atom stereocenters. The first-order valence-electron chi connectivity index (χ1n) is 7.88. The number of hydrogen-bond acceptors (Lipinski definition) is 3. The number of nitrogens with zero attached hydrogens (tertiary/aromatic N) is 2. The quantitative estimate of drug-likeness (QED) is 0.765. The van der Waals surface area contributed by atoms with Gasteiger partial charge in [0.15, 0.2) is 0 Å². The summed E-state index contributed by atoms with van der Waals surface area (Å²) in [5, 5.41) is 0. The summed E-state index contributed by atoms with van der Waals surface area (Å²) in [5.41, 5.74) is 5.68. The van der Waals surface area contributed by atoms with Gasteiger partial charge in [-0.1, -0.05) is 27.2 Å². The van der Waals surface area contributed by atoms with Gasteiger partial charge >= 0.3 is 0 Å². The Balaban J connectivity index is 2.38. The van der Waals surface area contributed by atoms with Crippen molar-refractivity contribution in [3.05, 3.63) is 0 Å². The molecule has 1 fully saturated rings. The maximum atomic E-state index is 12.2. The van der Waals surface area contributed by atoms with Crippen molar-refractivity contribution in [1.29, 1.82) is 0 Å². The van der Waals surface area contributed by atoms with Crippen molar-refractivity contribution in [3.63, 3.8) is 0 Å². The van der Waals surface area contributed by atoms with E-state index in [4.69, 9.17) is 5.73 Å². The van der Waals surface area contributed by atoms with Crippen molar-refractivity contribution in [3.8, 4) is 0 Å². The van der Waals surface area contributed by atoms with E-state index in [1.54, 1.807) is 0 Å². The number of rotatable bonds is 7. The molecular weight excluding hydrogens is 238 g/mol. The zero-order valence-electron chi connectivity index (χ0n) is 12.9. The lowest BCUT2D eigenvalue weighted by Gasteiger charge is -2.38. The van der Waals surface area contributed by atoms with Crippen LogP contribution in [0.25, 0.3) is 0 Å². The van der Waals surface area contributed by atoms with Crippen LogP contribution in [-0.2, 0) is 4.79 Å². The Morgan fingerprint density at radius 1 is 1.26 bits per heavy atom. The zero-order chi connectivity index (χ0) is 14.3. The van der Waals surface area contributed by atoms with E-state index in [0.29, 0.717) is 30.8 Å². The van der Waals surface area contributed by atoms with Crippen molar-refractivity contribution < 1.29 is 4.79 Å². The lowest BCUT2D eigenvalue weighted by molar-refractivity contribution is -0.133. The fourth-order valence-electron chi connectivity index (χ4n) is 2.99. The van der Waals surface area contributed by atoms with Gasteiger partial charge in [0, 0.05) is 25.6 Å². The third-order valence-electron chi connectivity index (χ3n) is 4.52. The molecule has 1 unspecified atom stereocenters. The van der Waals surface area contributed by atoms with Crippen LogP contribution in [0.3, 0.4) is 0 Å². The number of hydrogen-bond donors (Lipinski definition) is 1. The molecule has 1 aliphatic rings. The average molecular weight is 269 g/mol. The summed E-state index contributed by atoms with van der Waals surface area (Å²) in [6, 6.07) is 0.663. The van der Waals surface area contributed by atoms with Gasteiger partial charge in [-0.3, -0.25) is 4.79 Å². The molecule has 4 heteroatoms. The highest BCUT2D eigenvalue weighted by Crippen LogP contribution is 2.18. The van der Waals surface area contributed by atoms with Gasteiger partial charge in [-0.25, -0.2) is 0 Å². The van der Waals surface area contributed by atoms with Crippen LogP contribution in [0.2, 0.25) is 0 Å². The van der Waals surface area contributed by atoms with Crippen LogP contribution in [-0.4, -0.2) is 54.5 Å². The molecule has 2 N–H and O–H groups in total. The molecule has 4 nitrogen and oxygen atoms in total.